The average Bonchev–Trinajstić information content (AvgIpc) is 3.34. The first-order valence-corrected chi connectivity index (χ1v) is 10.0. The number of amides is 1. The minimum atomic E-state index is -0.600. The van der Waals surface area contributed by atoms with E-state index in [2.05, 4.69) is 59.9 Å². The Hall–Kier alpha value is -3.98. The smallest absolute Gasteiger partial charge is 0.256 e. The molecular formula is C27H18N2O. The summed E-state index contributed by atoms with van der Waals surface area (Å²) in [4.78, 5) is 18.0. The molecule has 3 nitrogen and oxygen atoms in total. The summed E-state index contributed by atoms with van der Waals surface area (Å²) in [6.07, 6.45) is 4.32. The van der Waals surface area contributed by atoms with E-state index in [1.807, 2.05) is 48.5 Å². The van der Waals surface area contributed by atoms with E-state index in [0.717, 1.165) is 27.8 Å². The highest BCUT2D eigenvalue weighted by Gasteiger charge is 2.48. The second-order valence-corrected chi connectivity index (χ2v) is 7.69. The van der Waals surface area contributed by atoms with Crippen LogP contribution in [0.15, 0.2) is 102 Å². The van der Waals surface area contributed by atoms with Gasteiger partial charge in [0.2, 0.25) is 0 Å². The molecule has 1 unspecified atom stereocenters. The van der Waals surface area contributed by atoms with Crippen LogP contribution >= 0.6 is 0 Å². The van der Waals surface area contributed by atoms with Crippen molar-refractivity contribution in [2.75, 3.05) is 0 Å². The number of nitrogens with one attached hydrogen (secondary N) is 1. The molecule has 142 valence electrons. The summed E-state index contributed by atoms with van der Waals surface area (Å²) in [5.74, 6) is 0.507. The number of hydrogen-bond donors (Lipinski definition) is 1. The third kappa shape index (κ3) is 2.26. The Balaban J connectivity index is 1.58. The second kappa shape index (κ2) is 6.26. The van der Waals surface area contributed by atoms with Crippen molar-refractivity contribution < 1.29 is 4.79 Å². The van der Waals surface area contributed by atoms with Gasteiger partial charge in [-0.1, -0.05) is 84.9 Å². The first-order valence-electron chi connectivity index (χ1n) is 10.0. The van der Waals surface area contributed by atoms with Crippen molar-refractivity contribution in [3.8, 4) is 0 Å². The van der Waals surface area contributed by atoms with Gasteiger partial charge in [-0.3, -0.25) is 4.79 Å². The zero-order valence-corrected chi connectivity index (χ0v) is 16.2. The third-order valence-corrected chi connectivity index (χ3v) is 6.07. The standard InChI is InChI=1S/C27H18N2O/c30-25(20-10-2-1-3-11-20)29-26-27(17-16-19-9-5-7-13-22(19)27)24-21-12-6-4-8-18(21)14-15-23(24)28-26/h1-17H,(H,28,29,30). The lowest BCUT2D eigenvalue weighted by molar-refractivity contribution is 0.0975. The van der Waals surface area contributed by atoms with Gasteiger partial charge in [0.05, 0.1) is 11.1 Å². The van der Waals surface area contributed by atoms with E-state index in [0.29, 0.717) is 11.4 Å². The Morgan fingerprint density at radius 1 is 0.800 bits per heavy atom. The van der Waals surface area contributed by atoms with Gasteiger partial charge in [0.25, 0.3) is 5.91 Å². The van der Waals surface area contributed by atoms with Gasteiger partial charge in [0.1, 0.15) is 5.84 Å². The molecule has 1 amide bonds. The van der Waals surface area contributed by atoms with Crippen molar-refractivity contribution in [1.82, 2.24) is 5.32 Å². The molecule has 2 aliphatic rings. The number of aliphatic imine (C=N–C) groups is 1. The molecule has 0 saturated heterocycles. The molecule has 6 rings (SSSR count). The minimum absolute atomic E-state index is 0.149. The Morgan fingerprint density at radius 2 is 1.57 bits per heavy atom. The monoisotopic (exact) mass is 386 g/mol. The molecule has 1 spiro atoms. The zero-order chi connectivity index (χ0) is 20.1. The van der Waals surface area contributed by atoms with Gasteiger partial charge in [0, 0.05) is 11.1 Å². The summed E-state index contributed by atoms with van der Waals surface area (Å²) in [5.41, 5.74) is 4.35. The predicted octanol–water partition coefficient (Wildman–Crippen LogP) is 5.63. The molecule has 0 aromatic heterocycles. The van der Waals surface area contributed by atoms with Gasteiger partial charge < -0.3 is 5.32 Å². The third-order valence-electron chi connectivity index (χ3n) is 6.07. The van der Waals surface area contributed by atoms with Crippen LogP contribution in [0.1, 0.15) is 27.0 Å². The Bertz CT molecular complexity index is 1380. The first-order chi connectivity index (χ1) is 14.8. The van der Waals surface area contributed by atoms with E-state index >= 15 is 0 Å². The van der Waals surface area contributed by atoms with Crippen molar-refractivity contribution in [3.05, 3.63) is 119 Å². The molecule has 3 heteroatoms. The van der Waals surface area contributed by atoms with Gasteiger partial charge in [-0.15, -0.1) is 0 Å². The maximum Gasteiger partial charge on any atom is 0.256 e. The lowest BCUT2D eigenvalue weighted by Crippen LogP contribution is -2.43. The quantitative estimate of drug-likeness (QED) is 0.453. The van der Waals surface area contributed by atoms with Gasteiger partial charge in [-0.2, -0.15) is 0 Å². The van der Waals surface area contributed by atoms with Crippen LogP contribution in [-0.4, -0.2) is 11.7 Å². The Kier molecular flexibility index (Phi) is 3.53. The number of carbonyl (C=O) groups is 1. The fraction of sp³-hybridized carbons (Fsp3) is 0.0370. The number of hydrogen-bond acceptors (Lipinski definition) is 2. The lowest BCUT2D eigenvalue weighted by atomic mass is 9.74. The maximum atomic E-state index is 13.1. The summed E-state index contributed by atoms with van der Waals surface area (Å²) in [5, 5.41) is 5.46. The average molecular weight is 386 g/mol. The van der Waals surface area contributed by atoms with Crippen molar-refractivity contribution in [2.24, 2.45) is 4.99 Å². The SMILES string of the molecule is O=C(NC1=Nc2ccc3ccccc3c2C12C=Cc1ccccc12)c1ccccc1. The summed E-state index contributed by atoms with van der Waals surface area (Å²) in [6, 6.07) is 30.1. The van der Waals surface area contributed by atoms with Gasteiger partial charge >= 0.3 is 0 Å². The number of fused-ring (bicyclic) bond motifs is 6. The normalized spacial score (nSPS) is 18.3. The summed E-state index contributed by atoms with van der Waals surface area (Å²) >= 11 is 0. The van der Waals surface area contributed by atoms with E-state index in [1.54, 1.807) is 0 Å². The number of rotatable bonds is 1. The summed E-state index contributed by atoms with van der Waals surface area (Å²) in [6.45, 7) is 0. The number of benzene rings is 4. The van der Waals surface area contributed by atoms with E-state index in [9.17, 15) is 4.79 Å². The van der Waals surface area contributed by atoms with Crippen LogP contribution in [-0.2, 0) is 5.41 Å². The van der Waals surface area contributed by atoms with E-state index in [4.69, 9.17) is 4.99 Å². The molecule has 0 radical (unpaired) electrons. The molecule has 1 N–H and O–H groups in total. The molecule has 1 aliphatic heterocycles. The Labute approximate surface area is 174 Å². The molecule has 0 fully saturated rings. The summed E-state index contributed by atoms with van der Waals surface area (Å²) in [7, 11) is 0. The van der Waals surface area contributed by atoms with Crippen LogP contribution in [0.3, 0.4) is 0 Å². The molecular weight excluding hydrogens is 368 g/mol. The van der Waals surface area contributed by atoms with Gasteiger partial charge in [0.15, 0.2) is 0 Å². The van der Waals surface area contributed by atoms with E-state index in [1.165, 1.54) is 5.39 Å². The van der Waals surface area contributed by atoms with Gasteiger partial charge in [-0.05, 0) is 40.1 Å². The second-order valence-electron chi connectivity index (χ2n) is 7.69. The largest absolute Gasteiger partial charge is 0.309 e. The van der Waals surface area contributed by atoms with Crippen molar-refractivity contribution >= 4 is 34.3 Å². The predicted molar refractivity (Wildman–Crippen MR) is 121 cm³/mol. The molecule has 4 aromatic carbocycles. The fourth-order valence-corrected chi connectivity index (χ4v) is 4.72. The molecule has 0 saturated carbocycles. The minimum Gasteiger partial charge on any atom is -0.309 e. The first kappa shape index (κ1) is 16.9. The van der Waals surface area contributed by atoms with Gasteiger partial charge in [-0.25, -0.2) is 4.99 Å². The molecule has 1 aliphatic carbocycles. The number of carbonyl (C=O) groups excluding carboxylic acids is 1. The molecule has 1 atom stereocenters. The van der Waals surface area contributed by atoms with E-state index in [-0.39, 0.29) is 5.91 Å². The topological polar surface area (TPSA) is 41.5 Å². The molecule has 4 aromatic rings. The fourth-order valence-electron chi connectivity index (χ4n) is 4.72. The van der Waals surface area contributed by atoms with Crippen LogP contribution in [0.25, 0.3) is 16.8 Å². The highest BCUT2D eigenvalue weighted by Crippen LogP contribution is 2.52. The summed E-state index contributed by atoms with van der Waals surface area (Å²) < 4.78 is 0. The van der Waals surface area contributed by atoms with Crippen LogP contribution in [0.2, 0.25) is 0 Å². The van der Waals surface area contributed by atoms with Crippen LogP contribution < -0.4 is 5.32 Å². The number of nitrogens with zero attached hydrogens (tertiary/aromatic N) is 1. The highest BCUT2D eigenvalue weighted by atomic mass is 16.1. The Morgan fingerprint density at radius 3 is 2.47 bits per heavy atom. The van der Waals surface area contributed by atoms with E-state index < -0.39 is 5.41 Å². The molecule has 1 heterocycles. The van der Waals surface area contributed by atoms with Crippen molar-refractivity contribution in [3.63, 3.8) is 0 Å². The number of amidine groups is 1. The van der Waals surface area contributed by atoms with Crippen LogP contribution in [0.5, 0.6) is 0 Å². The van der Waals surface area contributed by atoms with Crippen LogP contribution in [0.4, 0.5) is 5.69 Å². The van der Waals surface area contributed by atoms with Crippen molar-refractivity contribution in [1.29, 1.82) is 0 Å². The maximum absolute atomic E-state index is 13.1. The van der Waals surface area contributed by atoms with Crippen LogP contribution in [0, 0.1) is 0 Å². The zero-order valence-electron chi connectivity index (χ0n) is 16.2. The molecule has 0 bridgehead atoms. The van der Waals surface area contributed by atoms with Crippen molar-refractivity contribution in [2.45, 2.75) is 5.41 Å². The highest BCUT2D eigenvalue weighted by molar-refractivity contribution is 6.18. The lowest BCUT2D eigenvalue weighted by Gasteiger charge is -2.28. The molecule has 30 heavy (non-hydrogen) atoms.